The number of allylic oxidation sites excluding steroid dienone is 2. The zero-order chi connectivity index (χ0) is 14.1. The molecule has 1 rings (SSSR count). The highest BCUT2D eigenvalue weighted by atomic mass is 31.2. The summed E-state index contributed by atoms with van der Waals surface area (Å²) >= 11 is 0. The van der Waals surface area contributed by atoms with Crippen molar-refractivity contribution in [3.05, 3.63) is 12.2 Å². The van der Waals surface area contributed by atoms with Crippen LogP contribution in [0.5, 0.6) is 0 Å². The van der Waals surface area contributed by atoms with Gasteiger partial charge in [0.25, 0.3) is 0 Å². The summed E-state index contributed by atoms with van der Waals surface area (Å²) < 4.78 is 24.5. The summed E-state index contributed by atoms with van der Waals surface area (Å²) in [7, 11) is -2.96. The molecule has 19 heavy (non-hydrogen) atoms. The van der Waals surface area contributed by atoms with Crippen LogP contribution in [0.1, 0.15) is 59.3 Å². The fraction of sp³-hybridized carbons (Fsp3) is 0.867. The van der Waals surface area contributed by atoms with Gasteiger partial charge in [-0.2, -0.15) is 0 Å². The highest BCUT2D eigenvalue weighted by molar-refractivity contribution is 7.54. The van der Waals surface area contributed by atoms with Crippen LogP contribution in [0.25, 0.3) is 0 Å². The van der Waals surface area contributed by atoms with Gasteiger partial charge in [0.05, 0.1) is 18.9 Å². The van der Waals surface area contributed by atoms with E-state index in [9.17, 15) is 4.57 Å². The van der Waals surface area contributed by atoms with Crippen molar-refractivity contribution in [2.75, 3.05) is 13.2 Å². The Morgan fingerprint density at radius 1 is 1.16 bits per heavy atom. The monoisotopic (exact) mass is 288 g/mol. The molecular formula is C15H29O3P. The van der Waals surface area contributed by atoms with E-state index < -0.39 is 7.60 Å². The first kappa shape index (κ1) is 16.9. The van der Waals surface area contributed by atoms with Crippen molar-refractivity contribution >= 4 is 7.60 Å². The first-order valence-corrected chi connectivity index (χ1v) is 9.30. The lowest BCUT2D eigenvalue weighted by Crippen LogP contribution is -2.22. The van der Waals surface area contributed by atoms with E-state index in [2.05, 4.69) is 32.9 Å². The molecule has 0 aromatic heterocycles. The maximum absolute atomic E-state index is 13.0. The Morgan fingerprint density at radius 2 is 1.74 bits per heavy atom. The van der Waals surface area contributed by atoms with Crippen LogP contribution in [0.3, 0.4) is 0 Å². The number of hydrogen-bond donors (Lipinski definition) is 0. The molecule has 0 aliphatic heterocycles. The minimum atomic E-state index is -2.96. The van der Waals surface area contributed by atoms with Gasteiger partial charge >= 0.3 is 7.60 Å². The average molecular weight is 288 g/mol. The minimum Gasteiger partial charge on any atom is -0.308 e. The third kappa shape index (κ3) is 5.41. The molecule has 1 aliphatic carbocycles. The van der Waals surface area contributed by atoms with Crippen LogP contribution in [-0.4, -0.2) is 18.9 Å². The van der Waals surface area contributed by atoms with Crippen LogP contribution in [0.15, 0.2) is 12.2 Å². The van der Waals surface area contributed by atoms with E-state index in [1.165, 1.54) is 0 Å². The van der Waals surface area contributed by atoms with Crippen LogP contribution < -0.4 is 0 Å². The Hall–Kier alpha value is -0.110. The molecule has 3 nitrogen and oxygen atoms in total. The first-order valence-electron chi connectivity index (χ1n) is 7.69. The Morgan fingerprint density at radius 3 is 2.21 bits per heavy atom. The van der Waals surface area contributed by atoms with Gasteiger partial charge in [0.1, 0.15) is 0 Å². The molecule has 4 heteroatoms. The van der Waals surface area contributed by atoms with Gasteiger partial charge in [0.2, 0.25) is 0 Å². The Labute approximate surface area is 118 Å². The quantitative estimate of drug-likeness (QED) is 0.333. The van der Waals surface area contributed by atoms with Gasteiger partial charge in [-0.25, -0.2) is 0 Å². The van der Waals surface area contributed by atoms with Gasteiger partial charge in [-0.15, -0.1) is 0 Å². The Bertz CT molecular complexity index is 301. The molecule has 0 aromatic rings. The smallest absolute Gasteiger partial charge is 0.308 e. The van der Waals surface area contributed by atoms with Crippen molar-refractivity contribution in [3.63, 3.8) is 0 Å². The van der Waals surface area contributed by atoms with Crippen LogP contribution in [0.2, 0.25) is 0 Å². The first-order chi connectivity index (χ1) is 9.14. The van der Waals surface area contributed by atoms with E-state index >= 15 is 0 Å². The highest BCUT2D eigenvalue weighted by Crippen LogP contribution is 2.58. The van der Waals surface area contributed by atoms with Crippen molar-refractivity contribution in [3.8, 4) is 0 Å². The van der Waals surface area contributed by atoms with Crippen molar-refractivity contribution in [1.82, 2.24) is 0 Å². The Kier molecular flexibility index (Phi) is 7.97. The van der Waals surface area contributed by atoms with E-state index in [1.54, 1.807) is 0 Å². The second kappa shape index (κ2) is 8.94. The molecular weight excluding hydrogens is 259 g/mol. The molecule has 112 valence electrons. The van der Waals surface area contributed by atoms with Gasteiger partial charge < -0.3 is 9.05 Å². The van der Waals surface area contributed by atoms with Crippen LogP contribution in [0, 0.1) is 5.92 Å². The molecule has 0 bridgehead atoms. The summed E-state index contributed by atoms with van der Waals surface area (Å²) in [6.45, 7) is 7.43. The van der Waals surface area contributed by atoms with E-state index in [1.807, 2.05) is 0 Å². The molecule has 0 saturated carbocycles. The second-order valence-corrected chi connectivity index (χ2v) is 7.60. The molecule has 1 aliphatic rings. The van der Waals surface area contributed by atoms with Gasteiger partial charge in [-0.05, 0) is 31.6 Å². The molecule has 0 spiro atoms. The fourth-order valence-electron chi connectivity index (χ4n) is 2.32. The summed E-state index contributed by atoms with van der Waals surface area (Å²) in [5, 5.41) is 0. The number of rotatable bonds is 9. The lowest BCUT2D eigenvalue weighted by molar-refractivity contribution is 0.186. The largest absolute Gasteiger partial charge is 0.334 e. The number of hydrogen-bond acceptors (Lipinski definition) is 3. The topological polar surface area (TPSA) is 35.5 Å². The zero-order valence-electron chi connectivity index (χ0n) is 12.6. The normalized spacial score (nSPS) is 23.7. The molecule has 0 radical (unpaired) electrons. The summed E-state index contributed by atoms with van der Waals surface area (Å²) in [6.07, 6.45) is 10.2. The van der Waals surface area contributed by atoms with E-state index in [4.69, 9.17) is 9.05 Å². The molecule has 0 heterocycles. The fourth-order valence-corrected chi connectivity index (χ4v) is 4.68. The molecule has 0 fully saturated rings. The molecule has 0 amide bonds. The molecule has 2 unspecified atom stereocenters. The summed E-state index contributed by atoms with van der Waals surface area (Å²) in [6, 6.07) is 0. The second-order valence-electron chi connectivity index (χ2n) is 5.35. The van der Waals surface area contributed by atoms with Gasteiger partial charge in [-0.3, -0.25) is 4.57 Å². The molecule has 0 saturated heterocycles. The lowest BCUT2D eigenvalue weighted by atomic mass is 9.97. The van der Waals surface area contributed by atoms with Crippen LogP contribution in [0.4, 0.5) is 0 Å². The molecule has 2 atom stereocenters. The highest BCUT2D eigenvalue weighted by Gasteiger charge is 2.39. The standard InChI is InChI=1S/C15H29O3P/c1-4-6-12-17-19(16,18-13-7-5-2)15-11-9-8-10-14(15)3/h8,10,14-15H,4-7,9,11-13H2,1-3H3. The van der Waals surface area contributed by atoms with Crippen LogP contribution in [-0.2, 0) is 13.6 Å². The maximum Gasteiger partial charge on any atom is 0.334 e. The van der Waals surface area contributed by atoms with Crippen molar-refractivity contribution in [2.24, 2.45) is 5.92 Å². The van der Waals surface area contributed by atoms with Gasteiger partial charge in [0.15, 0.2) is 0 Å². The third-order valence-electron chi connectivity index (χ3n) is 3.62. The summed E-state index contributed by atoms with van der Waals surface area (Å²) in [5.74, 6) is 0.280. The van der Waals surface area contributed by atoms with E-state index in [-0.39, 0.29) is 11.6 Å². The summed E-state index contributed by atoms with van der Waals surface area (Å²) in [4.78, 5) is 0. The molecule has 0 aromatic carbocycles. The van der Waals surface area contributed by atoms with Crippen molar-refractivity contribution in [1.29, 1.82) is 0 Å². The maximum atomic E-state index is 13.0. The third-order valence-corrected chi connectivity index (χ3v) is 6.25. The van der Waals surface area contributed by atoms with Crippen molar-refractivity contribution < 1.29 is 13.6 Å². The zero-order valence-corrected chi connectivity index (χ0v) is 13.5. The Balaban J connectivity index is 2.66. The van der Waals surface area contributed by atoms with E-state index in [0.717, 1.165) is 38.5 Å². The minimum absolute atomic E-state index is 0.0335. The van der Waals surface area contributed by atoms with E-state index in [0.29, 0.717) is 13.2 Å². The number of unbranched alkanes of at least 4 members (excludes halogenated alkanes) is 2. The lowest BCUT2D eigenvalue weighted by Gasteiger charge is -2.31. The predicted octanol–water partition coefficient (Wildman–Crippen LogP) is 5.17. The van der Waals surface area contributed by atoms with Crippen LogP contribution >= 0.6 is 7.60 Å². The SMILES string of the molecule is CCCCOP(=O)(OCCCC)C1CCC=CC1C. The van der Waals surface area contributed by atoms with Crippen molar-refractivity contribution in [2.45, 2.75) is 65.0 Å². The molecule has 0 N–H and O–H groups in total. The summed E-state index contributed by atoms with van der Waals surface area (Å²) in [5.41, 5.74) is 0.0335. The predicted molar refractivity (Wildman–Crippen MR) is 80.7 cm³/mol. The van der Waals surface area contributed by atoms with Gasteiger partial charge in [-0.1, -0.05) is 45.8 Å². The van der Waals surface area contributed by atoms with Gasteiger partial charge in [0, 0.05) is 0 Å². The average Bonchev–Trinajstić information content (AvgIpc) is 2.40.